The molecule has 9 nitrogen and oxygen atoms in total. The van der Waals surface area contributed by atoms with Crippen molar-refractivity contribution in [3.63, 3.8) is 0 Å². The molecule has 276 valence electrons. The lowest BCUT2D eigenvalue weighted by atomic mass is 9.61. The standard InChI is InChI=1S/C41H49N3O6S2/c1-5-24(3)38(47)50-39(4)15-12-27-23-51-52-40(13-8-7-9-14-40)37-25(6-2)22-44(37)34(45)17-29-21-43-33(42)18-30(29)36(27)41(39)20-28-16-26-10-11-35(46)48-31(26)19-32(28)49-41/h5,10-12,16,18-19,25,36-37,43H,6-9,13-15,17,20-23,42H2,1-4H3. The minimum absolute atomic E-state index is 0.0175. The molecule has 1 saturated carbocycles. The number of allylic oxidation sites excluding steroid dienone is 2. The van der Waals surface area contributed by atoms with Gasteiger partial charge in [0.15, 0.2) is 11.2 Å². The summed E-state index contributed by atoms with van der Waals surface area (Å²) in [5.74, 6) is 1.77. The molecule has 0 radical (unpaired) electrons. The Hall–Kier alpha value is -3.57. The van der Waals surface area contributed by atoms with Crippen molar-refractivity contribution in [3.05, 3.63) is 86.6 Å². The molecular formula is C41H49N3O6S2. The van der Waals surface area contributed by atoms with Crippen LogP contribution in [-0.4, -0.2) is 57.6 Å². The molecular weight excluding hydrogens is 695 g/mol. The van der Waals surface area contributed by atoms with E-state index >= 15 is 0 Å². The van der Waals surface area contributed by atoms with E-state index in [1.54, 1.807) is 25.1 Å². The number of fused-ring (bicyclic) bond motifs is 7. The molecule has 11 heteroatoms. The van der Waals surface area contributed by atoms with Crippen LogP contribution in [0.5, 0.6) is 5.75 Å². The molecule has 52 heavy (non-hydrogen) atoms. The van der Waals surface area contributed by atoms with E-state index in [1.165, 1.54) is 30.9 Å². The summed E-state index contributed by atoms with van der Waals surface area (Å²) >= 11 is 0. The fraction of sp³-hybridized carbons (Fsp3) is 0.537. The van der Waals surface area contributed by atoms with Gasteiger partial charge in [-0.2, -0.15) is 0 Å². The topological polar surface area (TPSA) is 124 Å². The lowest BCUT2D eigenvalue weighted by molar-refractivity contribution is -0.186. The van der Waals surface area contributed by atoms with E-state index in [0.29, 0.717) is 48.0 Å². The predicted molar refractivity (Wildman–Crippen MR) is 207 cm³/mol. The van der Waals surface area contributed by atoms with Gasteiger partial charge in [-0.3, -0.25) is 4.79 Å². The third-order valence-electron chi connectivity index (χ3n) is 12.8. The molecule has 4 aliphatic heterocycles. The summed E-state index contributed by atoms with van der Waals surface area (Å²) in [5.41, 5.74) is 8.97. The number of nitrogens with one attached hydrogen (secondary N) is 1. The molecule has 5 unspecified atom stereocenters. The number of carbonyl (C=O) groups is 2. The van der Waals surface area contributed by atoms with Crippen LogP contribution in [0.2, 0.25) is 0 Å². The van der Waals surface area contributed by atoms with Crippen LogP contribution in [0.1, 0.15) is 84.6 Å². The number of carbonyl (C=O) groups excluding carboxylic acids is 2. The van der Waals surface area contributed by atoms with E-state index in [0.717, 1.165) is 53.7 Å². The predicted octanol–water partition coefficient (Wildman–Crippen LogP) is 7.11. The highest BCUT2D eigenvalue weighted by molar-refractivity contribution is 8.77. The SMILES string of the molecule is CC=C(C)C(=O)OC1(C)CC=C2CSSC3(CCCCC3)C3C(CC)CN3C(=O)CC3=C(C=C(N)NC3)C2C12Cc1cc3ccc(=O)oc3cc1O2. The van der Waals surface area contributed by atoms with Crippen LogP contribution in [0.3, 0.4) is 0 Å². The molecule has 2 aliphatic carbocycles. The minimum atomic E-state index is -1.11. The second-order valence-electron chi connectivity index (χ2n) is 15.7. The third-order valence-corrected chi connectivity index (χ3v) is 16.0. The highest BCUT2D eigenvalue weighted by Gasteiger charge is 2.64. The highest BCUT2D eigenvalue weighted by Crippen LogP contribution is 2.60. The van der Waals surface area contributed by atoms with Gasteiger partial charge < -0.3 is 29.8 Å². The molecule has 3 N–H and O–H groups in total. The van der Waals surface area contributed by atoms with Gasteiger partial charge in [0.05, 0.1) is 24.2 Å². The molecule has 2 aromatic rings. The maximum absolute atomic E-state index is 14.5. The van der Waals surface area contributed by atoms with Crippen molar-refractivity contribution in [1.82, 2.24) is 10.2 Å². The van der Waals surface area contributed by atoms with Crippen LogP contribution in [0, 0.1) is 11.8 Å². The van der Waals surface area contributed by atoms with Gasteiger partial charge in [0.1, 0.15) is 11.3 Å². The summed E-state index contributed by atoms with van der Waals surface area (Å²) in [6.07, 6.45) is 14.1. The monoisotopic (exact) mass is 743 g/mol. The van der Waals surface area contributed by atoms with Gasteiger partial charge in [-0.1, -0.05) is 65.5 Å². The summed E-state index contributed by atoms with van der Waals surface area (Å²) in [5, 5.41) is 4.13. The number of benzene rings is 1. The Kier molecular flexibility index (Phi) is 9.12. The first-order valence-electron chi connectivity index (χ1n) is 18.8. The third kappa shape index (κ3) is 5.72. The Labute approximate surface area is 313 Å². The van der Waals surface area contributed by atoms with Gasteiger partial charge in [0, 0.05) is 59.5 Å². The van der Waals surface area contributed by atoms with Gasteiger partial charge in [-0.15, -0.1) is 0 Å². The summed E-state index contributed by atoms with van der Waals surface area (Å²) in [7, 11) is 3.91. The Morgan fingerprint density at radius 1 is 1.19 bits per heavy atom. The molecule has 0 bridgehead atoms. The fourth-order valence-electron chi connectivity index (χ4n) is 9.76. The second-order valence-corrected chi connectivity index (χ2v) is 18.5. The largest absolute Gasteiger partial charge is 0.481 e. The first-order valence-corrected chi connectivity index (χ1v) is 21.2. The number of dihydropyridines is 1. The lowest BCUT2D eigenvalue weighted by Crippen LogP contribution is -2.67. The molecule has 2 fully saturated rings. The number of amides is 1. The van der Waals surface area contributed by atoms with Crippen LogP contribution < -0.4 is 21.4 Å². The Morgan fingerprint density at radius 2 is 2.00 bits per heavy atom. The summed E-state index contributed by atoms with van der Waals surface area (Å²) in [6.45, 7) is 9.10. The number of rotatable bonds is 3. The average Bonchev–Trinajstić information content (AvgIpc) is 3.48. The van der Waals surface area contributed by atoms with Crippen molar-refractivity contribution in [1.29, 1.82) is 0 Å². The molecule has 6 aliphatic rings. The summed E-state index contributed by atoms with van der Waals surface area (Å²) < 4.78 is 19.5. The van der Waals surface area contributed by atoms with Crippen molar-refractivity contribution < 1.29 is 23.5 Å². The van der Waals surface area contributed by atoms with E-state index < -0.39 is 22.8 Å². The van der Waals surface area contributed by atoms with Crippen LogP contribution >= 0.6 is 21.6 Å². The molecule has 1 aromatic carbocycles. The summed E-state index contributed by atoms with van der Waals surface area (Å²) in [4.78, 5) is 42.7. The van der Waals surface area contributed by atoms with E-state index in [4.69, 9.17) is 19.6 Å². The van der Waals surface area contributed by atoms with Crippen LogP contribution in [-0.2, 0) is 20.7 Å². The quantitative estimate of drug-likeness (QED) is 0.111. The number of esters is 1. The van der Waals surface area contributed by atoms with Crippen LogP contribution in [0.4, 0.5) is 0 Å². The van der Waals surface area contributed by atoms with Crippen LogP contribution in [0.25, 0.3) is 11.0 Å². The lowest BCUT2D eigenvalue weighted by Gasteiger charge is -2.58. The van der Waals surface area contributed by atoms with Gasteiger partial charge in [0.2, 0.25) is 5.91 Å². The number of hydrogen-bond acceptors (Lipinski definition) is 10. The zero-order valence-corrected chi connectivity index (χ0v) is 32.2. The van der Waals surface area contributed by atoms with Gasteiger partial charge in [-0.05, 0) is 80.9 Å². The maximum Gasteiger partial charge on any atom is 0.336 e. The Balaban J connectivity index is 1.30. The van der Waals surface area contributed by atoms with E-state index in [2.05, 4.69) is 23.2 Å². The van der Waals surface area contributed by atoms with Crippen molar-refractivity contribution in [2.24, 2.45) is 17.6 Å². The molecule has 1 aromatic heterocycles. The van der Waals surface area contributed by atoms with Crippen LogP contribution in [0.15, 0.2) is 79.8 Å². The van der Waals surface area contributed by atoms with Gasteiger partial charge in [-0.25, -0.2) is 9.59 Å². The van der Waals surface area contributed by atoms with E-state index in [9.17, 15) is 14.4 Å². The number of nitrogens with zero attached hydrogens (tertiary/aromatic N) is 1. The zero-order chi connectivity index (χ0) is 36.4. The van der Waals surface area contributed by atoms with Crippen molar-refractivity contribution in [2.45, 2.75) is 107 Å². The molecule has 1 amide bonds. The fourth-order valence-corrected chi connectivity index (χ4v) is 13.4. The van der Waals surface area contributed by atoms with Crippen molar-refractivity contribution >= 4 is 44.4 Å². The molecule has 1 saturated heterocycles. The van der Waals surface area contributed by atoms with Gasteiger partial charge in [0.25, 0.3) is 0 Å². The second kappa shape index (κ2) is 13.4. The summed E-state index contributed by atoms with van der Waals surface area (Å²) in [6, 6.07) is 7.26. The highest BCUT2D eigenvalue weighted by atomic mass is 33.1. The number of nitrogens with two attached hydrogens (primary N) is 1. The van der Waals surface area contributed by atoms with E-state index in [1.807, 2.05) is 47.6 Å². The maximum atomic E-state index is 14.5. The van der Waals surface area contributed by atoms with Crippen molar-refractivity contribution in [2.75, 3.05) is 18.8 Å². The normalized spacial score (nSPS) is 31.5. The molecule has 5 heterocycles. The Bertz CT molecular complexity index is 2010. The molecule has 5 atom stereocenters. The van der Waals surface area contributed by atoms with Gasteiger partial charge >= 0.3 is 11.6 Å². The molecule has 8 rings (SSSR count). The molecule has 2 spiro atoms. The van der Waals surface area contributed by atoms with E-state index in [-0.39, 0.29) is 29.0 Å². The smallest absolute Gasteiger partial charge is 0.336 e. The first kappa shape index (κ1) is 35.5. The zero-order valence-electron chi connectivity index (χ0n) is 30.5. The van der Waals surface area contributed by atoms with Crippen molar-refractivity contribution in [3.8, 4) is 5.75 Å². The number of hydrogen-bond donors (Lipinski definition) is 2. The Morgan fingerprint density at radius 3 is 2.77 bits per heavy atom. The average molecular weight is 744 g/mol. The first-order chi connectivity index (χ1) is 25.0. The minimum Gasteiger partial charge on any atom is -0.481 e. The number of ether oxygens (including phenoxy) is 2.